The number of nitrogens with zero attached hydrogens (tertiary/aromatic N) is 1. The molecule has 0 fully saturated rings. The van der Waals surface area contributed by atoms with Crippen LogP contribution in [0.3, 0.4) is 0 Å². The van der Waals surface area contributed by atoms with Crippen LogP contribution in [0.2, 0.25) is 0 Å². The van der Waals surface area contributed by atoms with Gasteiger partial charge in [0.2, 0.25) is 23.6 Å². The second kappa shape index (κ2) is 12.7. The highest BCUT2D eigenvalue weighted by molar-refractivity contribution is 5.96. The fraction of sp³-hybridized carbons (Fsp3) is 0.500. The summed E-state index contributed by atoms with van der Waals surface area (Å²) in [5.74, 6) is -6.34. The molecule has 10 N–H and O–H groups in total. The van der Waals surface area contributed by atoms with E-state index in [0.29, 0.717) is 5.69 Å². The van der Waals surface area contributed by atoms with Crippen molar-refractivity contribution in [2.75, 3.05) is 0 Å². The Morgan fingerprint density at radius 1 is 1.00 bits per heavy atom. The van der Waals surface area contributed by atoms with Crippen molar-refractivity contribution in [1.82, 2.24) is 25.9 Å². The monoisotopic (exact) mass is 469 g/mol. The SMILES string of the molecule is CC(N)C(=O)NC(CC(N)=O)C(=O)NC(CCC(=O)O)C(=O)NC(Cc1cnc[nH]1)C(=O)O. The maximum Gasteiger partial charge on any atom is 0.326 e. The number of aromatic amines is 1. The molecule has 15 heteroatoms. The van der Waals surface area contributed by atoms with Crippen LogP contribution in [0.15, 0.2) is 12.5 Å². The van der Waals surface area contributed by atoms with Crippen LogP contribution in [-0.4, -0.2) is 79.9 Å². The average Bonchev–Trinajstić information content (AvgIpc) is 3.22. The minimum atomic E-state index is -1.49. The molecule has 0 radical (unpaired) electrons. The molecule has 1 aromatic rings. The highest BCUT2D eigenvalue weighted by Crippen LogP contribution is 2.04. The number of hydrogen-bond acceptors (Lipinski definition) is 8. The van der Waals surface area contributed by atoms with Crippen molar-refractivity contribution in [3.05, 3.63) is 18.2 Å². The molecular formula is C18H27N7O8. The first-order valence-electron chi connectivity index (χ1n) is 9.77. The number of nitrogens with one attached hydrogen (secondary N) is 4. The molecule has 0 aliphatic rings. The van der Waals surface area contributed by atoms with E-state index < -0.39 is 79.0 Å². The summed E-state index contributed by atoms with van der Waals surface area (Å²) < 4.78 is 0. The van der Waals surface area contributed by atoms with Gasteiger partial charge in [0.25, 0.3) is 0 Å². The number of carboxylic acids is 2. The predicted molar refractivity (Wildman–Crippen MR) is 110 cm³/mol. The first-order valence-corrected chi connectivity index (χ1v) is 9.77. The van der Waals surface area contributed by atoms with E-state index in [4.69, 9.17) is 16.6 Å². The molecule has 4 atom stereocenters. The standard InChI is InChI=1S/C18H27N7O8/c1-8(19)15(29)24-11(5-13(20)26)17(31)23-10(2-3-14(27)28)16(30)25-12(18(32)33)4-9-6-21-7-22-9/h6-8,10-12H,2-5,19H2,1H3,(H2,20,26)(H,21,22)(H,23,31)(H,24,29)(H,25,30)(H,27,28)(H,32,33). The molecule has 0 aliphatic carbocycles. The van der Waals surface area contributed by atoms with Gasteiger partial charge in [0.15, 0.2) is 0 Å². The highest BCUT2D eigenvalue weighted by Gasteiger charge is 2.31. The summed E-state index contributed by atoms with van der Waals surface area (Å²) in [4.78, 5) is 77.5. The average molecular weight is 469 g/mol. The van der Waals surface area contributed by atoms with Gasteiger partial charge in [-0.1, -0.05) is 0 Å². The van der Waals surface area contributed by atoms with Crippen molar-refractivity contribution in [1.29, 1.82) is 0 Å². The Kier molecular flexibility index (Phi) is 10.4. The largest absolute Gasteiger partial charge is 0.481 e. The van der Waals surface area contributed by atoms with E-state index in [-0.39, 0.29) is 6.42 Å². The Bertz CT molecular complexity index is 871. The van der Waals surface area contributed by atoms with Crippen molar-refractivity contribution < 1.29 is 39.0 Å². The van der Waals surface area contributed by atoms with Crippen LogP contribution in [-0.2, 0) is 35.2 Å². The molecule has 0 spiro atoms. The van der Waals surface area contributed by atoms with E-state index in [1.54, 1.807) is 0 Å². The zero-order chi connectivity index (χ0) is 25.1. The molecule has 4 unspecified atom stereocenters. The van der Waals surface area contributed by atoms with Gasteiger partial charge in [-0.3, -0.25) is 24.0 Å². The first kappa shape index (κ1) is 27.0. The number of carbonyl (C=O) groups is 6. The maximum absolute atomic E-state index is 12.7. The van der Waals surface area contributed by atoms with Gasteiger partial charge in [0.05, 0.1) is 18.8 Å². The number of carboxylic acid groups (broad SMARTS) is 2. The molecule has 0 aromatic carbocycles. The number of nitrogens with two attached hydrogens (primary N) is 2. The van der Waals surface area contributed by atoms with Crippen LogP contribution >= 0.6 is 0 Å². The molecule has 1 rings (SSSR count). The lowest BCUT2D eigenvalue weighted by molar-refractivity contribution is -0.143. The summed E-state index contributed by atoms with van der Waals surface area (Å²) in [5.41, 5.74) is 10.9. The fourth-order valence-corrected chi connectivity index (χ4v) is 2.61. The number of aromatic nitrogens is 2. The lowest BCUT2D eigenvalue weighted by Gasteiger charge is -2.24. The summed E-state index contributed by atoms with van der Waals surface area (Å²) in [7, 11) is 0. The van der Waals surface area contributed by atoms with Crippen LogP contribution in [0.4, 0.5) is 0 Å². The molecule has 182 valence electrons. The van der Waals surface area contributed by atoms with Gasteiger partial charge < -0.3 is 42.6 Å². The van der Waals surface area contributed by atoms with Gasteiger partial charge in [-0.05, 0) is 13.3 Å². The Balaban J connectivity index is 3.00. The number of aliphatic carboxylic acids is 2. The lowest BCUT2D eigenvalue weighted by Crippen LogP contribution is -2.57. The molecule has 1 aromatic heterocycles. The fourth-order valence-electron chi connectivity index (χ4n) is 2.61. The molecule has 33 heavy (non-hydrogen) atoms. The number of carbonyl (C=O) groups excluding carboxylic acids is 4. The third kappa shape index (κ3) is 9.77. The Labute approximate surface area is 187 Å². The minimum absolute atomic E-state index is 0.157. The number of amides is 4. The summed E-state index contributed by atoms with van der Waals surface area (Å²) in [6, 6.07) is -5.40. The van der Waals surface area contributed by atoms with Crippen LogP contribution in [0.25, 0.3) is 0 Å². The van der Waals surface area contributed by atoms with E-state index >= 15 is 0 Å². The van der Waals surface area contributed by atoms with Crippen molar-refractivity contribution in [3.63, 3.8) is 0 Å². The van der Waals surface area contributed by atoms with Gasteiger partial charge in [0.1, 0.15) is 18.1 Å². The Morgan fingerprint density at radius 2 is 1.58 bits per heavy atom. The minimum Gasteiger partial charge on any atom is -0.481 e. The topological polar surface area (TPSA) is 260 Å². The van der Waals surface area contributed by atoms with Crippen molar-refractivity contribution in [2.45, 2.75) is 56.8 Å². The van der Waals surface area contributed by atoms with Crippen molar-refractivity contribution in [3.8, 4) is 0 Å². The van der Waals surface area contributed by atoms with Gasteiger partial charge in [-0.15, -0.1) is 0 Å². The summed E-state index contributed by atoms with van der Waals surface area (Å²) >= 11 is 0. The number of rotatable bonds is 14. The predicted octanol–water partition coefficient (Wildman–Crippen LogP) is -3.42. The summed E-state index contributed by atoms with van der Waals surface area (Å²) in [6.07, 6.45) is 0.977. The van der Waals surface area contributed by atoms with Gasteiger partial charge in [0, 0.05) is 24.7 Å². The van der Waals surface area contributed by atoms with Crippen LogP contribution in [0.1, 0.15) is 31.9 Å². The van der Waals surface area contributed by atoms with Gasteiger partial charge in [-0.25, -0.2) is 9.78 Å². The zero-order valence-electron chi connectivity index (χ0n) is 17.7. The van der Waals surface area contributed by atoms with Gasteiger partial charge in [-0.2, -0.15) is 0 Å². The quantitative estimate of drug-likeness (QED) is 0.134. The number of hydrogen-bond donors (Lipinski definition) is 8. The van der Waals surface area contributed by atoms with E-state index in [0.717, 1.165) is 0 Å². The number of imidazole rings is 1. The number of H-pyrrole nitrogens is 1. The second-order valence-corrected chi connectivity index (χ2v) is 7.19. The first-order chi connectivity index (χ1) is 15.4. The summed E-state index contributed by atoms with van der Waals surface area (Å²) in [5, 5.41) is 25.0. The normalized spacial score (nSPS) is 14.2. The lowest BCUT2D eigenvalue weighted by atomic mass is 10.1. The van der Waals surface area contributed by atoms with E-state index in [1.807, 2.05) is 0 Å². The van der Waals surface area contributed by atoms with E-state index in [1.165, 1.54) is 19.4 Å². The Morgan fingerprint density at radius 3 is 2.06 bits per heavy atom. The van der Waals surface area contributed by atoms with Crippen LogP contribution in [0, 0.1) is 0 Å². The molecule has 1 heterocycles. The highest BCUT2D eigenvalue weighted by atomic mass is 16.4. The maximum atomic E-state index is 12.7. The third-order valence-electron chi connectivity index (χ3n) is 4.33. The molecule has 0 saturated heterocycles. The van der Waals surface area contributed by atoms with E-state index in [2.05, 4.69) is 25.9 Å². The zero-order valence-corrected chi connectivity index (χ0v) is 17.7. The molecule has 0 saturated carbocycles. The van der Waals surface area contributed by atoms with E-state index in [9.17, 15) is 33.9 Å². The Hall–Kier alpha value is -4.01. The molecular weight excluding hydrogens is 442 g/mol. The molecule has 15 nitrogen and oxygen atoms in total. The smallest absolute Gasteiger partial charge is 0.326 e. The number of primary amides is 1. The molecule has 0 aliphatic heterocycles. The van der Waals surface area contributed by atoms with Crippen LogP contribution in [0.5, 0.6) is 0 Å². The molecule has 0 bridgehead atoms. The van der Waals surface area contributed by atoms with Crippen LogP contribution < -0.4 is 27.4 Å². The van der Waals surface area contributed by atoms with Crippen molar-refractivity contribution in [2.24, 2.45) is 11.5 Å². The van der Waals surface area contributed by atoms with Gasteiger partial charge >= 0.3 is 11.9 Å². The third-order valence-corrected chi connectivity index (χ3v) is 4.33. The summed E-state index contributed by atoms with van der Waals surface area (Å²) in [6.45, 7) is 1.34. The molecule has 4 amide bonds. The van der Waals surface area contributed by atoms with Crippen molar-refractivity contribution >= 4 is 35.6 Å². The second-order valence-electron chi connectivity index (χ2n) is 7.19.